The number of aryl methyl sites for hydroxylation is 1. The van der Waals surface area contributed by atoms with E-state index in [9.17, 15) is 14.4 Å². The fourth-order valence-electron chi connectivity index (χ4n) is 3.18. The molecule has 2 aliphatic heterocycles. The van der Waals surface area contributed by atoms with Gasteiger partial charge in [0.25, 0.3) is 0 Å². The van der Waals surface area contributed by atoms with Crippen LogP contribution >= 0.6 is 0 Å². The maximum atomic E-state index is 12.4. The number of nitrogens with zero attached hydrogens (tertiary/aromatic N) is 4. The van der Waals surface area contributed by atoms with Crippen molar-refractivity contribution in [2.75, 3.05) is 29.9 Å². The molecule has 1 aromatic carbocycles. The summed E-state index contributed by atoms with van der Waals surface area (Å²) in [6.07, 6.45) is -0.528. The second kappa shape index (κ2) is 6.72. The van der Waals surface area contributed by atoms with Crippen LogP contribution in [0.15, 0.2) is 40.9 Å². The molecule has 2 saturated heterocycles. The zero-order valence-corrected chi connectivity index (χ0v) is 14.6. The molecule has 0 radical (unpaired) electrons. The van der Waals surface area contributed by atoms with Gasteiger partial charge in [0, 0.05) is 24.8 Å². The first-order valence-corrected chi connectivity index (χ1v) is 8.46. The lowest BCUT2D eigenvalue weighted by molar-refractivity contribution is -0.163. The summed E-state index contributed by atoms with van der Waals surface area (Å²) in [6, 6.07) is 11.1. The van der Waals surface area contributed by atoms with Crippen LogP contribution in [-0.4, -0.2) is 58.7 Å². The number of fused-ring (bicyclic) bond motifs is 1. The molecule has 140 valence electrons. The highest BCUT2D eigenvalue weighted by Gasteiger charge is 2.45. The first-order valence-electron chi connectivity index (χ1n) is 8.46. The number of benzene rings is 1. The average molecular weight is 370 g/mol. The molecule has 3 heterocycles. The topological polar surface area (TPSA) is 111 Å². The van der Waals surface area contributed by atoms with Crippen LogP contribution in [0.4, 0.5) is 11.5 Å². The standard InChI is InChI=1S/C17H18N6O4/c1-11-9-13(20-27-11)18-14(24)10-23-16(26)15(25)22-8-7-21(17(22)19-23)12-5-3-2-4-6-12/h2-6,9,17,19H,7-8,10H2,1H3,(H,18,20,24). The Hall–Kier alpha value is -3.40. The first-order chi connectivity index (χ1) is 13.0. The summed E-state index contributed by atoms with van der Waals surface area (Å²) in [6.45, 7) is 2.38. The molecule has 0 aliphatic carbocycles. The Balaban J connectivity index is 1.48. The van der Waals surface area contributed by atoms with Gasteiger partial charge >= 0.3 is 11.8 Å². The van der Waals surface area contributed by atoms with E-state index < -0.39 is 24.0 Å². The van der Waals surface area contributed by atoms with E-state index in [-0.39, 0.29) is 12.4 Å². The number of carbonyl (C=O) groups is 3. The maximum absolute atomic E-state index is 12.4. The van der Waals surface area contributed by atoms with Gasteiger partial charge in [0.2, 0.25) is 5.91 Å². The third-order valence-electron chi connectivity index (χ3n) is 4.42. The zero-order chi connectivity index (χ0) is 19.0. The number of hydrazine groups is 1. The van der Waals surface area contributed by atoms with Gasteiger partial charge in [-0.05, 0) is 19.1 Å². The third kappa shape index (κ3) is 3.22. The Morgan fingerprint density at radius 1 is 1.22 bits per heavy atom. The van der Waals surface area contributed by atoms with Crippen molar-refractivity contribution in [2.24, 2.45) is 0 Å². The van der Waals surface area contributed by atoms with Gasteiger partial charge in [0.05, 0.1) is 0 Å². The van der Waals surface area contributed by atoms with Gasteiger partial charge in [-0.3, -0.25) is 24.3 Å². The van der Waals surface area contributed by atoms with E-state index >= 15 is 0 Å². The molecule has 4 rings (SSSR count). The van der Waals surface area contributed by atoms with Gasteiger partial charge in [-0.25, -0.2) is 0 Å². The predicted molar refractivity (Wildman–Crippen MR) is 94.0 cm³/mol. The Morgan fingerprint density at radius 2 is 1.96 bits per heavy atom. The van der Waals surface area contributed by atoms with E-state index in [1.165, 1.54) is 4.90 Å². The monoisotopic (exact) mass is 370 g/mol. The number of hydrogen-bond donors (Lipinski definition) is 2. The summed E-state index contributed by atoms with van der Waals surface area (Å²) in [5.41, 5.74) is 3.89. The van der Waals surface area contributed by atoms with Crippen LogP contribution in [0.1, 0.15) is 5.76 Å². The van der Waals surface area contributed by atoms with E-state index in [1.807, 2.05) is 35.2 Å². The fourth-order valence-corrected chi connectivity index (χ4v) is 3.18. The number of para-hydroxylation sites is 1. The van der Waals surface area contributed by atoms with Crippen molar-refractivity contribution in [1.82, 2.24) is 20.5 Å². The highest BCUT2D eigenvalue weighted by molar-refractivity contribution is 6.35. The average Bonchev–Trinajstić information content (AvgIpc) is 3.26. The lowest BCUT2D eigenvalue weighted by Crippen LogP contribution is -2.68. The van der Waals surface area contributed by atoms with Crippen LogP contribution in [0.5, 0.6) is 0 Å². The Bertz CT molecular complexity index is 883. The Morgan fingerprint density at radius 3 is 2.67 bits per heavy atom. The second-order valence-electron chi connectivity index (χ2n) is 6.29. The van der Waals surface area contributed by atoms with Crippen molar-refractivity contribution < 1.29 is 18.9 Å². The number of amides is 3. The zero-order valence-electron chi connectivity index (χ0n) is 14.6. The molecule has 1 unspecified atom stereocenters. The molecule has 10 heteroatoms. The maximum Gasteiger partial charge on any atom is 0.326 e. The van der Waals surface area contributed by atoms with Gasteiger partial charge in [-0.1, -0.05) is 23.4 Å². The van der Waals surface area contributed by atoms with Crippen molar-refractivity contribution in [3.05, 3.63) is 42.2 Å². The summed E-state index contributed by atoms with van der Waals surface area (Å²) in [5, 5.41) is 7.24. The molecular formula is C17H18N6O4. The van der Waals surface area contributed by atoms with Gasteiger partial charge in [-0.15, -0.1) is 0 Å². The lowest BCUT2D eigenvalue weighted by Gasteiger charge is -2.40. The van der Waals surface area contributed by atoms with Crippen molar-refractivity contribution in [3.8, 4) is 0 Å². The van der Waals surface area contributed by atoms with Crippen molar-refractivity contribution in [2.45, 2.75) is 13.2 Å². The fraction of sp³-hybridized carbons (Fsp3) is 0.294. The Labute approximate surface area is 154 Å². The molecule has 3 amide bonds. The number of aromatic nitrogens is 1. The number of hydrogen-bond acceptors (Lipinski definition) is 7. The molecule has 27 heavy (non-hydrogen) atoms. The first kappa shape index (κ1) is 17.0. The molecule has 0 saturated carbocycles. The molecule has 1 atom stereocenters. The molecule has 2 aliphatic rings. The minimum Gasteiger partial charge on any atom is -0.360 e. The number of carbonyl (C=O) groups excluding carboxylic acids is 3. The van der Waals surface area contributed by atoms with Gasteiger partial charge < -0.3 is 14.7 Å². The molecule has 1 aromatic heterocycles. The van der Waals surface area contributed by atoms with Gasteiger partial charge in [0.15, 0.2) is 12.1 Å². The quantitative estimate of drug-likeness (QED) is 0.723. The molecule has 0 spiro atoms. The summed E-state index contributed by atoms with van der Waals surface area (Å²) >= 11 is 0. The Kier molecular flexibility index (Phi) is 4.24. The normalized spacial score (nSPS) is 19.4. The van der Waals surface area contributed by atoms with Crippen LogP contribution in [0.25, 0.3) is 0 Å². The van der Waals surface area contributed by atoms with Crippen LogP contribution in [0.3, 0.4) is 0 Å². The van der Waals surface area contributed by atoms with Crippen molar-refractivity contribution in [1.29, 1.82) is 0 Å². The van der Waals surface area contributed by atoms with Gasteiger partial charge in [0.1, 0.15) is 12.3 Å². The molecule has 2 aromatic rings. The van der Waals surface area contributed by atoms with E-state index in [2.05, 4.69) is 15.9 Å². The lowest BCUT2D eigenvalue weighted by atomic mass is 10.3. The summed E-state index contributed by atoms with van der Waals surface area (Å²) in [4.78, 5) is 40.4. The predicted octanol–water partition coefficient (Wildman–Crippen LogP) is -0.0993. The van der Waals surface area contributed by atoms with E-state index in [0.717, 1.165) is 10.7 Å². The minimum atomic E-state index is -0.771. The van der Waals surface area contributed by atoms with E-state index in [1.54, 1.807) is 13.0 Å². The number of rotatable bonds is 4. The van der Waals surface area contributed by atoms with E-state index in [4.69, 9.17) is 4.52 Å². The van der Waals surface area contributed by atoms with Crippen LogP contribution in [-0.2, 0) is 14.4 Å². The number of nitrogens with one attached hydrogen (secondary N) is 2. The van der Waals surface area contributed by atoms with E-state index in [0.29, 0.717) is 18.8 Å². The molecular weight excluding hydrogens is 352 g/mol. The molecule has 0 bridgehead atoms. The van der Waals surface area contributed by atoms with Gasteiger partial charge in [-0.2, -0.15) is 5.43 Å². The summed E-state index contributed by atoms with van der Waals surface area (Å²) in [7, 11) is 0. The number of anilines is 2. The van der Waals surface area contributed by atoms with Crippen molar-refractivity contribution in [3.63, 3.8) is 0 Å². The smallest absolute Gasteiger partial charge is 0.326 e. The van der Waals surface area contributed by atoms with Crippen LogP contribution < -0.4 is 15.6 Å². The highest BCUT2D eigenvalue weighted by Crippen LogP contribution is 2.24. The highest BCUT2D eigenvalue weighted by atomic mass is 16.5. The van der Waals surface area contributed by atoms with Crippen LogP contribution in [0.2, 0.25) is 0 Å². The molecule has 10 nitrogen and oxygen atoms in total. The van der Waals surface area contributed by atoms with Crippen LogP contribution in [0, 0.1) is 6.92 Å². The molecule has 2 fully saturated rings. The third-order valence-corrected chi connectivity index (χ3v) is 4.42. The van der Waals surface area contributed by atoms with Crippen molar-refractivity contribution >= 4 is 29.2 Å². The largest absolute Gasteiger partial charge is 0.360 e. The SMILES string of the molecule is Cc1cc(NC(=O)CN2NC3N(CCN3c3ccccc3)C(=O)C2=O)no1. The summed E-state index contributed by atoms with van der Waals surface area (Å²) < 4.78 is 4.89. The summed E-state index contributed by atoms with van der Waals surface area (Å²) in [5.74, 6) is -1.10. The molecule has 2 N–H and O–H groups in total. The minimum absolute atomic E-state index is 0.252. The second-order valence-corrected chi connectivity index (χ2v) is 6.29.